The third-order valence-electron chi connectivity index (χ3n) is 3.54. The maximum absolute atomic E-state index is 12.7. The van der Waals surface area contributed by atoms with Crippen LogP contribution in [0.3, 0.4) is 0 Å². The highest BCUT2D eigenvalue weighted by Gasteiger charge is 2.31. The molecule has 0 fully saturated rings. The molecule has 0 bridgehead atoms. The Kier molecular flexibility index (Phi) is 6.10. The van der Waals surface area contributed by atoms with Gasteiger partial charge in [-0.25, -0.2) is 0 Å². The molecule has 1 amide bonds. The predicted octanol–water partition coefficient (Wildman–Crippen LogP) is 4.65. The Balaban J connectivity index is 2.40. The molecule has 2 aromatic rings. The van der Waals surface area contributed by atoms with Crippen molar-refractivity contribution in [3.63, 3.8) is 0 Å². The summed E-state index contributed by atoms with van der Waals surface area (Å²) >= 11 is 5.82. The fraction of sp³-hybridized carbons (Fsp3) is 0.176. The smallest absolute Gasteiger partial charge is 0.416 e. The molecule has 146 valence electrons. The lowest BCUT2D eigenvalue weighted by Gasteiger charge is -2.15. The van der Waals surface area contributed by atoms with Gasteiger partial charge in [-0.15, -0.1) is 0 Å². The van der Waals surface area contributed by atoms with Crippen LogP contribution in [-0.2, 0) is 6.18 Å². The summed E-state index contributed by atoms with van der Waals surface area (Å²) in [6, 6.07) is 7.42. The van der Waals surface area contributed by atoms with Crippen molar-refractivity contribution < 1.29 is 27.6 Å². The fourth-order valence-electron chi connectivity index (χ4n) is 2.18. The van der Waals surface area contributed by atoms with E-state index in [4.69, 9.17) is 21.6 Å². The summed E-state index contributed by atoms with van der Waals surface area (Å²) in [6.45, 7) is -0.300. The third-order valence-corrected chi connectivity index (χ3v) is 3.83. The lowest BCUT2D eigenvalue weighted by molar-refractivity contribution is -0.385. The van der Waals surface area contributed by atoms with E-state index in [1.807, 2.05) is 0 Å². The van der Waals surface area contributed by atoms with Gasteiger partial charge in [0.15, 0.2) is 0 Å². The van der Waals surface area contributed by atoms with Gasteiger partial charge in [0, 0.05) is 19.2 Å². The van der Waals surface area contributed by atoms with Crippen molar-refractivity contribution in [1.29, 1.82) is 5.26 Å². The Morgan fingerprint density at radius 1 is 1.32 bits per heavy atom. The maximum atomic E-state index is 12.7. The minimum atomic E-state index is -4.58. The molecule has 0 unspecified atom stereocenters. The van der Waals surface area contributed by atoms with Gasteiger partial charge in [-0.1, -0.05) is 11.6 Å². The lowest BCUT2D eigenvalue weighted by atomic mass is 10.1. The number of carbonyl (C=O) groups excluding carboxylic acids is 1. The first-order valence-electron chi connectivity index (χ1n) is 7.50. The fourth-order valence-corrected chi connectivity index (χ4v) is 2.40. The second-order valence-corrected chi connectivity index (χ2v) is 5.91. The zero-order chi connectivity index (χ0) is 21.1. The van der Waals surface area contributed by atoms with Crippen LogP contribution in [0.4, 0.5) is 18.9 Å². The molecule has 0 spiro atoms. The third kappa shape index (κ3) is 4.69. The number of nitro benzene ring substituents is 1. The summed E-state index contributed by atoms with van der Waals surface area (Å²) in [6.07, 6.45) is -4.58. The number of hydrogen-bond donors (Lipinski definition) is 0. The van der Waals surface area contributed by atoms with Crippen molar-refractivity contribution in [1.82, 2.24) is 4.90 Å². The number of rotatable bonds is 5. The van der Waals surface area contributed by atoms with Gasteiger partial charge in [-0.05, 0) is 24.3 Å². The van der Waals surface area contributed by atoms with E-state index >= 15 is 0 Å². The largest absolute Gasteiger partial charge is 0.456 e. The van der Waals surface area contributed by atoms with E-state index in [1.165, 1.54) is 13.1 Å². The van der Waals surface area contributed by atoms with E-state index in [0.29, 0.717) is 6.07 Å². The first kappa shape index (κ1) is 21.0. The molecule has 0 aliphatic rings. The Labute approximate surface area is 161 Å². The predicted molar refractivity (Wildman–Crippen MR) is 92.2 cm³/mol. The lowest BCUT2D eigenvalue weighted by Crippen LogP contribution is -2.27. The summed E-state index contributed by atoms with van der Waals surface area (Å²) in [5, 5.41) is 19.5. The first-order chi connectivity index (χ1) is 13.0. The van der Waals surface area contributed by atoms with E-state index in [2.05, 4.69) is 0 Å². The summed E-state index contributed by atoms with van der Waals surface area (Å²) in [5.74, 6) is -0.981. The molecule has 28 heavy (non-hydrogen) atoms. The molecular formula is C17H11ClF3N3O4. The van der Waals surface area contributed by atoms with Crippen LogP contribution in [0.25, 0.3) is 0 Å². The Morgan fingerprint density at radius 2 is 2.00 bits per heavy atom. The monoisotopic (exact) mass is 413 g/mol. The molecule has 0 saturated carbocycles. The molecule has 2 aromatic carbocycles. The van der Waals surface area contributed by atoms with Gasteiger partial charge in [-0.2, -0.15) is 18.4 Å². The van der Waals surface area contributed by atoms with Crippen molar-refractivity contribution >= 4 is 23.2 Å². The molecule has 0 N–H and O–H groups in total. The topological polar surface area (TPSA) is 96.5 Å². The molecule has 0 aliphatic carbocycles. The molecule has 11 heteroatoms. The van der Waals surface area contributed by atoms with Crippen LogP contribution in [-0.4, -0.2) is 29.3 Å². The van der Waals surface area contributed by atoms with E-state index in [1.54, 1.807) is 6.07 Å². The molecule has 7 nitrogen and oxygen atoms in total. The quantitative estimate of drug-likeness (QED) is 0.403. The second-order valence-electron chi connectivity index (χ2n) is 5.50. The number of benzene rings is 2. The number of carbonyl (C=O) groups is 1. The standard InChI is InChI=1S/C17H11ClF3N3O4/c1-23(7-6-22)16(25)12-9-11(3-4-14(12)24(26)27)28-15-5-2-10(8-13(15)18)17(19,20)21/h2-5,8-9H,7H2,1H3. The average molecular weight is 414 g/mol. The van der Waals surface area contributed by atoms with Gasteiger partial charge >= 0.3 is 6.18 Å². The van der Waals surface area contributed by atoms with Crippen LogP contribution >= 0.6 is 11.6 Å². The minimum Gasteiger partial charge on any atom is -0.456 e. The van der Waals surface area contributed by atoms with Crippen LogP contribution in [0.5, 0.6) is 11.5 Å². The normalized spacial score (nSPS) is 10.9. The van der Waals surface area contributed by atoms with E-state index in [9.17, 15) is 28.1 Å². The van der Waals surface area contributed by atoms with Crippen molar-refractivity contribution in [2.24, 2.45) is 0 Å². The minimum absolute atomic E-state index is 0.0547. The highest BCUT2D eigenvalue weighted by atomic mass is 35.5. The molecule has 0 aliphatic heterocycles. The molecule has 2 rings (SSSR count). The summed E-state index contributed by atoms with van der Waals surface area (Å²) in [7, 11) is 1.29. The van der Waals surface area contributed by atoms with Crippen molar-refractivity contribution in [2.75, 3.05) is 13.6 Å². The molecule has 0 heterocycles. The maximum Gasteiger partial charge on any atom is 0.416 e. The number of nitriles is 1. The molecule has 0 aromatic heterocycles. The summed E-state index contributed by atoms with van der Waals surface area (Å²) in [4.78, 5) is 23.7. The van der Waals surface area contributed by atoms with Crippen LogP contribution in [0, 0.1) is 21.4 Å². The van der Waals surface area contributed by atoms with Gasteiger partial charge in [0.2, 0.25) is 0 Å². The van der Waals surface area contributed by atoms with Crippen molar-refractivity contribution in [3.05, 3.63) is 62.7 Å². The molecule has 0 radical (unpaired) electrons. The Morgan fingerprint density at radius 3 is 2.54 bits per heavy atom. The summed E-state index contributed by atoms with van der Waals surface area (Å²) in [5.41, 5.74) is -1.83. The zero-order valence-corrected chi connectivity index (χ0v) is 14.9. The highest BCUT2D eigenvalue weighted by Crippen LogP contribution is 2.37. The van der Waals surface area contributed by atoms with Crippen LogP contribution < -0.4 is 4.74 Å². The van der Waals surface area contributed by atoms with Gasteiger partial charge < -0.3 is 9.64 Å². The van der Waals surface area contributed by atoms with Crippen LogP contribution in [0.15, 0.2) is 36.4 Å². The molecule has 0 saturated heterocycles. The SMILES string of the molecule is CN(CC#N)C(=O)c1cc(Oc2ccc(C(F)(F)F)cc2Cl)ccc1[N+](=O)[O-]. The number of ether oxygens (including phenoxy) is 1. The average Bonchev–Trinajstić information content (AvgIpc) is 2.61. The Bertz CT molecular complexity index is 973. The van der Waals surface area contributed by atoms with Crippen molar-refractivity contribution in [3.8, 4) is 17.6 Å². The first-order valence-corrected chi connectivity index (χ1v) is 7.88. The van der Waals surface area contributed by atoms with Gasteiger partial charge in [0.05, 0.1) is 21.6 Å². The van der Waals surface area contributed by atoms with E-state index in [-0.39, 0.29) is 28.6 Å². The number of nitro groups is 1. The number of halogens is 4. The van der Waals surface area contributed by atoms with E-state index in [0.717, 1.165) is 29.2 Å². The second kappa shape index (κ2) is 8.14. The number of nitrogens with zero attached hydrogens (tertiary/aromatic N) is 3. The van der Waals surface area contributed by atoms with E-state index < -0.39 is 28.3 Å². The van der Waals surface area contributed by atoms with Gasteiger partial charge in [-0.3, -0.25) is 14.9 Å². The number of alkyl halides is 3. The van der Waals surface area contributed by atoms with Gasteiger partial charge in [0.1, 0.15) is 23.6 Å². The van der Waals surface area contributed by atoms with Crippen LogP contribution in [0.2, 0.25) is 5.02 Å². The summed E-state index contributed by atoms with van der Waals surface area (Å²) < 4.78 is 43.5. The van der Waals surface area contributed by atoms with Crippen LogP contribution in [0.1, 0.15) is 15.9 Å². The van der Waals surface area contributed by atoms with Crippen molar-refractivity contribution in [2.45, 2.75) is 6.18 Å². The number of amides is 1. The number of hydrogen-bond acceptors (Lipinski definition) is 5. The zero-order valence-electron chi connectivity index (χ0n) is 14.2. The van der Waals surface area contributed by atoms with Gasteiger partial charge in [0.25, 0.3) is 11.6 Å². The molecule has 0 atom stereocenters. The Hall–Kier alpha value is -3.32. The molecular weight excluding hydrogens is 403 g/mol. The highest BCUT2D eigenvalue weighted by molar-refractivity contribution is 6.32.